The summed E-state index contributed by atoms with van der Waals surface area (Å²) in [5, 5.41) is 18.1. The van der Waals surface area contributed by atoms with Crippen LogP contribution in [0.15, 0.2) is 27.6 Å². The molecule has 0 saturated carbocycles. The maximum atomic E-state index is 10.4. The lowest BCUT2D eigenvalue weighted by Gasteiger charge is -2.21. The summed E-state index contributed by atoms with van der Waals surface area (Å²) in [5.74, 6) is 0. The van der Waals surface area contributed by atoms with Crippen molar-refractivity contribution in [3.63, 3.8) is 0 Å². The average molecular weight is 272 g/mol. The van der Waals surface area contributed by atoms with E-state index in [0.29, 0.717) is 15.9 Å². The van der Waals surface area contributed by atoms with Crippen molar-refractivity contribution in [2.45, 2.75) is 12.5 Å². The van der Waals surface area contributed by atoms with Crippen molar-refractivity contribution >= 4 is 15.9 Å². The summed E-state index contributed by atoms with van der Waals surface area (Å²) in [6, 6.07) is 1.71. The molecular formula is C9H10BrN3O2. The van der Waals surface area contributed by atoms with E-state index < -0.39 is 5.60 Å². The average Bonchev–Trinajstić information content (AvgIpc) is 2.75. The van der Waals surface area contributed by atoms with Crippen molar-refractivity contribution in [2.75, 3.05) is 0 Å². The van der Waals surface area contributed by atoms with Crippen molar-refractivity contribution in [1.82, 2.24) is 15.0 Å². The molecule has 0 aromatic carbocycles. The molecule has 2 aromatic heterocycles. The topological polar surface area (TPSA) is 64.1 Å². The number of nitrogens with zero attached hydrogens (tertiary/aromatic N) is 3. The van der Waals surface area contributed by atoms with Crippen LogP contribution in [0.2, 0.25) is 0 Å². The number of furan rings is 1. The Bertz CT molecular complexity index is 442. The Morgan fingerprint density at radius 3 is 2.80 bits per heavy atom. The molecule has 0 aliphatic heterocycles. The van der Waals surface area contributed by atoms with Gasteiger partial charge >= 0.3 is 0 Å². The molecule has 2 aromatic rings. The van der Waals surface area contributed by atoms with E-state index in [9.17, 15) is 5.11 Å². The standard InChI is InChI=1S/C9H10BrN3O2/c1-9(14,6-3-4-15-5-6)7-8(10)11-12-13(7)2/h3-5,14H,1-2H3. The zero-order chi connectivity index (χ0) is 11.1. The predicted octanol–water partition coefficient (Wildman–Crippen LogP) is 1.43. The van der Waals surface area contributed by atoms with Gasteiger partial charge in [0.1, 0.15) is 11.3 Å². The summed E-state index contributed by atoms with van der Waals surface area (Å²) in [5.41, 5.74) is 0.0712. The van der Waals surface area contributed by atoms with Crippen LogP contribution in [0.5, 0.6) is 0 Å². The summed E-state index contributed by atoms with van der Waals surface area (Å²) in [4.78, 5) is 0. The van der Waals surface area contributed by atoms with E-state index in [1.807, 2.05) is 0 Å². The molecule has 1 N–H and O–H groups in total. The van der Waals surface area contributed by atoms with Gasteiger partial charge in [-0.25, -0.2) is 4.68 Å². The molecule has 0 radical (unpaired) electrons. The van der Waals surface area contributed by atoms with Crippen LogP contribution in [0.25, 0.3) is 0 Å². The quantitative estimate of drug-likeness (QED) is 0.898. The third-order valence-corrected chi connectivity index (χ3v) is 2.86. The van der Waals surface area contributed by atoms with Gasteiger partial charge in [0.05, 0.1) is 12.5 Å². The van der Waals surface area contributed by atoms with Gasteiger partial charge in [-0.15, -0.1) is 5.10 Å². The Labute approximate surface area is 94.8 Å². The van der Waals surface area contributed by atoms with Gasteiger partial charge in [-0.05, 0) is 28.9 Å². The molecule has 0 amide bonds. The molecule has 0 spiro atoms. The third kappa shape index (κ3) is 1.59. The fraction of sp³-hybridized carbons (Fsp3) is 0.333. The van der Waals surface area contributed by atoms with Crippen LogP contribution in [0.3, 0.4) is 0 Å². The van der Waals surface area contributed by atoms with Crippen molar-refractivity contribution in [3.05, 3.63) is 34.5 Å². The largest absolute Gasteiger partial charge is 0.472 e. The molecule has 15 heavy (non-hydrogen) atoms. The van der Waals surface area contributed by atoms with Crippen LogP contribution in [-0.4, -0.2) is 20.1 Å². The van der Waals surface area contributed by atoms with E-state index >= 15 is 0 Å². The maximum Gasteiger partial charge on any atom is 0.154 e. The Balaban J connectivity index is 2.55. The van der Waals surface area contributed by atoms with E-state index in [-0.39, 0.29) is 0 Å². The first kappa shape index (κ1) is 10.4. The van der Waals surface area contributed by atoms with Crippen LogP contribution in [0.4, 0.5) is 0 Å². The molecular weight excluding hydrogens is 262 g/mol. The van der Waals surface area contributed by atoms with Gasteiger partial charge in [0.25, 0.3) is 0 Å². The second-order valence-corrected chi connectivity index (χ2v) is 4.19. The predicted molar refractivity (Wildman–Crippen MR) is 56.1 cm³/mol. The van der Waals surface area contributed by atoms with Crippen molar-refractivity contribution < 1.29 is 9.52 Å². The van der Waals surface area contributed by atoms with E-state index in [1.54, 1.807) is 20.0 Å². The first-order valence-electron chi connectivity index (χ1n) is 4.34. The Hall–Kier alpha value is -1.14. The molecule has 0 saturated heterocycles. The molecule has 1 atom stereocenters. The zero-order valence-electron chi connectivity index (χ0n) is 8.31. The van der Waals surface area contributed by atoms with Gasteiger partial charge in [-0.3, -0.25) is 0 Å². The van der Waals surface area contributed by atoms with E-state index in [4.69, 9.17) is 4.42 Å². The molecule has 0 aliphatic carbocycles. The second-order valence-electron chi connectivity index (χ2n) is 3.44. The summed E-state index contributed by atoms with van der Waals surface area (Å²) in [6.07, 6.45) is 3.01. The summed E-state index contributed by atoms with van der Waals surface area (Å²) in [7, 11) is 1.72. The SMILES string of the molecule is Cn1nnc(Br)c1C(C)(O)c1ccoc1. The second kappa shape index (κ2) is 3.46. The van der Waals surface area contributed by atoms with Crippen LogP contribution in [0.1, 0.15) is 18.2 Å². The Morgan fingerprint density at radius 1 is 1.60 bits per heavy atom. The maximum absolute atomic E-state index is 10.4. The molecule has 0 bridgehead atoms. The smallest absolute Gasteiger partial charge is 0.154 e. The Morgan fingerprint density at radius 2 is 2.33 bits per heavy atom. The zero-order valence-corrected chi connectivity index (χ0v) is 9.89. The van der Waals surface area contributed by atoms with E-state index in [1.165, 1.54) is 17.2 Å². The lowest BCUT2D eigenvalue weighted by atomic mass is 9.95. The first-order valence-corrected chi connectivity index (χ1v) is 5.13. The Kier molecular flexibility index (Phi) is 2.40. The van der Waals surface area contributed by atoms with E-state index in [0.717, 1.165) is 0 Å². The first-order chi connectivity index (χ1) is 7.03. The van der Waals surface area contributed by atoms with Gasteiger partial charge in [0, 0.05) is 12.6 Å². The van der Waals surface area contributed by atoms with Gasteiger partial charge in [0.2, 0.25) is 0 Å². The number of aryl methyl sites for hydroxylation is 1. The highest BCUT2D eigenvalue weighted by Crippen LogP contribution is 2.32. The number of halogens is 1. The van der Waals surface area contributed by atoms with Crippen LogP contribution in [0, 0.1) is 0 Å². The summed E-state index contributed by atoms with van der Waals surface area (Å²) < 4.78 is 7.00. The summed E-state index contributed by atoms with van der Waals surface area (Å²) >= 11 is 3.25. The monoisotopic (exact) mass is 271 g/mol. The van der Waals surface area contributed by atoms with Crippen LogP contribution < -0.4 is 0 Å². The number of hydrogen-bond donors (Lipinski definition) is 1. The lowest BCUT2D eigenvalue weighted by molar-refractivity contribution is 0.0914. The molecule has 1 unspecified atom stereocenters. The number of hydrogen-bond acceptors (Lipinski definition) is 4. The summed E-state index contributed by atoms with van der Waals surface area (Å²) in [6.45, 7) is 1.67. The molecule has 80 valence electrons. The lowest BCUT2D eigenvalue weighted by Crippen LogP contribution is -2.26. The fourth-order valence-corrected chi connectivity index (χ4v) is 2.24. The van der Waals surface area contributed by atoms with Crippen LogP contribution >= 0.6 is 15.9 Å². The van der Waals surface area contributed by atoms with Crippen molar-refractivity contribution in [2.24, 2.45) is 7.05 Å². The van der Waals surface area contributed by atoms with Gasteiger partial charge in [0.15, 0.2) is 4.60 Å². The minimum absolute atomic E-state index is 0.524. The van der Waals surface area contributed by atoms with Crippen molar-refractivity contribution in [3.8, 4) is 0 Å². The third-order valence-electron chi connectivity index (χ3n) is 2.33. The highest BCUT2D eigenvalue weighted by atomic mass is 79.9. The van der Waals surface area contributed by atoms with Crippen molar-refractivity contribution in [1.29, 1.82) is 0 Å². The van der Waals surface area contributed by atoms with Gasteiger partial charge in [-0.1, -0.05) is 5.21 Å². The highest BCUT2D eigenvalue weighted by Gasteiger charge is 2.33. The van der Waals surface area contributed by atoms with Gasteiger partial charge in [-0.2, -0.15) is 0 Å². The number of rotatable bonds is 2. The normalized spacial score (nSPS) is 15.2. The molecule has 0 fully saturated rings. The molecule has 2 rings (SSSR count). The number of aliphatic hydroxyl groups is 1. The minimum Gasteiger partial charge on any atom is -0.472 e. The molecule has 2 heterocycles. The number of aromatic nitrogens is 3. The minimum atomic E-state index is -1.18. The highest BCUT2D eigenvalue weighted by molar-refractivity contribution is 9.10. The fourth-order valence-electron chi connectivity index (χ4n) is 1.53. The van der Waals surface area contributed by atoms with Crippen LogP contribution in [-0.2, 0) is 12.6 Å². The molecule has 5 nitrogen and oxygen atoms in total. The molecule has 0 aliphatic rings. The van der Waals surface area contributed by atoms with E-state index in [2.05, 4.69) is 26.2 Å². The molecule has 6 heteroatoms. The van der Waals surface area contributed by atoms with Gasteiger partial charge < -0.3 is 9.52 Å².